The summed E-state index contributed by atoms with van der Waals surface area (Å²) in [5, 5.41) is 0. The van der Waals surface area contributed by atoms with Gasteiger partial charge in [-0.2, -0.15) is 0 Å². The van der Waals surface area contributed by atoms with Crippen molar-refractivity contribution in [2.24, 2.45) is 0 Å². The third-order valence-corrected chi connectivity index (χ3v) is 16.0. The van der Waals surface area contributed by atoms with Crippen LogP contribution in [0.1, 0.15) is 144 Å². The molecule has 0 radical (unpaired) electrons. The fourth-order valence-electron chi connectivity index (χ4n) is 10.6. The average molecular weight is 1010 g/mol. The summed E-state index contributed by atoms with van der Waals surface area (Å²) in [4.78, 5) is 12.4. The quantitative estimate of drug-likeness (QED) is 0.150. The van der Waals surface area contributed by atoms with Crippen molar-refractivity contribution in [1.29, 1.82) is 0 Å². The largest absolute Gasteiger partial charge is 1.00 e. The molecule has 8 aromatic carbocycles. The van der Waals surface area contributed by atoms with Gasteiger partial charge in [0.15, 0.2) is 5.78 Å². The monoisotopic (exact) mass is 1010 g/mol. The Labute approximate surface area is 472 Å². The van der Waals surface area contributed by atoms with E-state index in [9.17, 15) is 4.79 Å². The van der Waals surface area contributed by atoms with Crippen LogP contribution in [0.5, 0.6) is 0 Å². The van der Waals surface area contributed by atoms with Crippen molar-refractivity contribution in [2.45, 2.75) is 121 Å². The smallest absolute Gasteiger partial charge is 1.00 e. The average Bonchev–Trinajstić information content (AvgIpc) is 3.83. The number of rotatable bonds is 1. The van der Waals surface area contributed by atoms with Gasteiger partial charge in [0.05, 0.1) is 5.41 Å². The molecule has 0 saturated carbocycles. The molecule has 8 aromatic rings. The standard InChI is InChI=1S/C33H32.C17H16O.C16H17Br.CH4.K.H/c1-19-14-26-27-15-20(2)22(4)17-30(27)33(29(26)16-21(19)3)28-11-9-8-10-24(28)25-13-12-23(18-31(25)33)32(5,6)7;1-9-5-13-14-6-10(2)12(4)8-16(14)17(18)15(13)7-11(9)3;1-16(2,3)13-10-8-12(9-11-13)14-6-4-5-7-15(14)17;;;/h8-18H,1-7H3;5-8H,1-4H3;4-11H,1-3H3;1H4;;/q;;;;+1;-1. The molecule has 0 aromatic heterocycles. The number of hydrogen-bond donors (Lipinski definition) is 0. The van der Waals surface area contributed by atoms with E-state index in [1.165, 1.54) is 111 Å². The van der Waals surface area contributed by atoms with Crippen molar-refractivity contribution in [3.8, 4) is 44.5 Å². The molecule has 1 nitrogen and oxygen atoms in total. The molecule has 0 saturated heterocycles. The number of fused-ring (bicyclic) bond motifs is 13. The second kappa shape index (κ2) is 19.9. The first-order chi connectivity index (χ1) is 32.1. The predicted octanol–water partition coefficient (Wildman–Crippen LogP) is 15.9. The van der Waals surface area contributed by atoms with Gasteiger partial charge in [-0.05, 0) is 207 Å². The van der Waals surface area contributed by atoms with Crippen molar-refractivity contribution in [3.05, 3.63) is 233 Å². The van der Waals surface area contributed by atoms with Crippen LogP contribution in [0.4, 0.5) is 0 Å². The van der Waals surface area contributed by atoms with E-state index >= 15 is 0 Å². The van der Waals surface area contributed by atoms with Gasteiger partial charge in [-0.25, -0.2) is 0 Å². The van der Waals surface area contributed by atoms with Gasteiger partial charge in [-0.1, -0.05) is 186 Å². The maximum Gasteiger partial charge on any atom is 1.00 e. The maximum atomic E-state index is 12.4. The van der Waals surface area contributed by atoms with Gasteiger partial charge in [0.2, 0.25) is 0 Å². The number of ketones is 1. The van der Waals surface area contributed by atoms with Crippen molar-refractivity contribution in [3.63, 3.8) is 0 Å². The Kier molecular flexibility index (Phi) is 15.1. The van der Waals surface area contributed by atoms with Crippen LogP contribution in [0.3, 0.4) is 0 Å². The molecular formula is C67H70BrKO. The molecule has 0 N–H and O–H groups in total. The van der Waals surface area contributed by atoms with Gasteiger partial charge in [-0.3, -0.25) is 4.79 Å². The first-order valence-corrected chi connectivity index (χ1v) is 25.0. The maximum absolute atomic E-state index is 12.4. The van der Waals surface area contributed by atoms with Crippen LogP contribution in [0.15, 0.2) is 144 Å². The third kappa shape index (κ3) is 9.18. The molecule has 11 rings (SSSR count). The van der Waals surface area contributed by atoms with Crippen LogP contribution < -0.4 is 51.4 Å². The molecule has 0 amide bonds. The molecule has 0 heterocycles. The van der Waals surface area contributed by atoms with E-state index in [1.807, 2.05) is 18.2 Å². The zero-order chi connectivity index (χ0) is 48.8. The summed E-state index contributed by atoms with van der Waals surface area (Å²) >= 11 is 3.59. The van der Waals surface area contributed by atoms with Crippen molar-refractivity contribution >= 4 is 21.7 Å². The SMILES string of the molecule is C.CC(C)(C)c1ccc(-c2ccccc2Br)cc1.Cc1cc2c(cc1C)-c1cc(C)c(C)cc1C2=O.Cc1cc2c(cc1C)C1(c3ccccc3-c3ccc(C(C)(C)C)cc31)c1cc(C)c(C)cc1-2.[H-].[K+]. The summed E-state index contributed by atoms with van der Waals surface area (Å²) in [6.45, 7) is 31.0. The van der Waals surface area contributed by atoms with E-state index in [0.29, 0.717) is 0 Å². The minimum Gasteiger partial charge on any atom is -1.00 e. The van der Waals surface area contributed by atoms with Crippen molar-refractivity contribution in [1.82, 2.24) is 0 Å². The first-order valence-electron chi connectivity index (χ1n) is 24.2. The van der Waals surface area contributed by atoms with Gasteiger partial charge in [0.25, 0.3) is 0 Å². The first kappa shape index (κ1) is 53.3. The normalized spacial score (nSPS) is 13.0. The zero-order valence-electron chi connectivity index (χ0n) is 44.6. The van der Waals surface area contributed by atoms with Crippen LogP contribution in [-0.4, -0.2) is 5.78 Å². The number of carbonyl (C=O) groups excluding carboxylic acids is 1. The molecule has 3 heteroatoms. The molecule has 0 aliphatic heterocycles. The second-order valence-corrected chi connectivity index (χ2v) is 22.7. The summed E-state index contributed by atoms with van der Waals surface area (Å²) in [6.07, 6.45) is 0. The molecule has 352 valence electrons. The Morgan fingerprint density at radius 2 is 0.729 bits per heavy atom. The minimum atomic E-state index is -0.255. The minimum absolute atomic E-state index is 0. The van der Waals surface area contributed by atoms with Crippen LogP contribution in [0.25, 0.3) is 44.5 Å². The molecule has 3 aliphatic rings. The Balaban J connectivity index is 0.000000186. The number of benzene rings is 8. The predicted molar refractivity (Wildman–Crippen MR) is 301 cm³/mol. The Morgan fingerprint density at radius 3 is 1.19 bits per heavy atom. The topological polar surface area (TPSA) is 17.1 Å². The van der Waals surface area contributed by atoms with E-state index in [-0.39, 0.29) is 82.3 Å². The summed E-state index contributed by atoms with van der Waals surface area (Å²) < 4.78 is 1.14. The summed E-state index contributed by atoms with van der Waals surface area (Å²) in [7, 11) is 0. The van der Waals surface area contributed by atoms with Crippen LogP contribution in [0, 0.1) is 55.4 Å². The molecule has 0 fully saturated rings. The Hall–Kier alpha value is -4.45. The zero-order valence-corrected chi connectivity index (χ0v) is 48.3. The van der Waals surface area contributed by atoms with E-state index in [2.05, 4.69) is 234 Å². The van der Waals surface area contributed by atoms with E-state index in [4.69, 9.17) is 0 Å². The number of carbonyl (C=O) groups is 1. The summed E-state index contributed by atoms with van der Waals surface area (Å²) in [5.41, 5.74) is 30.9. The van der Waals surface area contributed by atoms with Crippen LogP contribution >= 0.6 is 15.9 Å². The molecule has 0 atom stereocenters. The van der Waals surface area contributed by atoms with Crippen LogP contribution in [-0.2, 0) is 16.2 Å². The van der Waals surface area contributed by atoms with Gasteiger partial charge >= 0.3 is 51.4 Å². The molecule has 0 unspecified atom stereocenters. The number of aryl methyl sites for hydroxylation is 8. The van der Waals surface area contributed by atoms with Gasteiger partial charge in [0.1, 0.15) is 0 Å². The molecule has 1 spiro atoms. The summed E-state index contributed by atoms with van der Waals surface area (Å²) in [5.74, 6) is 0.172. The molecule has 70 heavy (non-hydrogen) atoms. The van der Waals surface area contributed by atoms with E-state index < -0.39 is 0 Å². The van der Waals surface area contributed by atoms with Crippen molar-refractivity contribution < 1.29 is 57.6 Å². The van der Waals surface area contributed by atoms with E-state index in [1.54, 1.807) is 0 Å². The second-order valence-electron chi connectivity index (χ2n) is 21.9. The van der Waals surface area contributed by atoms with E-state index in [0.717, 1.165) is 26.7 Å². The Morgan fingerprint density at radius 1 is 0.371 bits per heavy atom. The molecular weight excluding hydrogens is 940 g/mol. The van der Waals surface area contributed by atoms with Crippen LogP contribution in [0.2, 0.25) is 0 Å². The summed E-state index contributed by atoms with van der Waals surface area (Å²) in [6, 6.07) is 51.6. The van der Waals surface area contributed by atoms with Gasteiger partial charge < -0.3 is 1.43 Å². The van der Waals surface area contributed by atoms with Gasteiger partial charge in [-0.15, -0.1) is 0 Å². The van der Waals surface area contributed by atoms with Crippen molar-refractivity contribution in [2.75, 3.05) is 0 Å². The fraction of sp³-hybridized carbons (Fsp3) is 0.269. The number of hydrogen-bond acceptors (Lipinski definition) is 1. The molecule has 3 aliphatic carbocycles. The third-order valence-electron chi connectivity index (χ3n) is 15.3. The van der Waals surface area contributed by atoms with Gasteiger partial charge in [0, 0.05) is 15.6 Å². The Bertz CT molecular complexity index is 3240. The number of halogens is 1. The fourth-order valence-corrected chi connectivity index (χ4v) is 11.1. The molecule has 0 bridgehead atoms.